The Labute approximate surface area is 106 Å². The van der Waals surface area contributed by atoms with Crippen molar-refractivity contribution in [2.24, 2.45) is 0 Å². The number of methoxy groups -OCH3 is 2. The average Bonchev–Trinajstić information content (AvgIpc) is 2.42. The summed E-state index contributed by atoms with van der Waals surface area (Å²) in [6.07, 6.45) is 0. The fraction of sp³-hybridized carbons (Fsp3) is 0.154. The van der Waals surface area contributed by atoms with Crippen LogP contribution in [-0.4, -0.2) is 19.2 Å². The molecule has 0 radical (unpaired) electrons. The van der Waals surface area contributed by atoms with E-state index >= 15 is 0 Å². The number of hydrogen-bond donors (Lipinski definition) is 2. The van der Waals surface area contributed by atoms with Gasteiger partial charge in [0.1, 0.15) is 11.6 Å². The SMILES string of the molecule is COc1ccc(Nc2ccc(N)c(OC)n2)cc1. The van der Waals surface area contributed by atoms with Crippen LogP contribution in [0.4, 0.5) is 17.2 Å². The molecule has 0 unspecified atom stereocenters. The van der Waals surface area contributed by atoms with E-state index in [2.05, 4.69) is 10.3 Å². The van der Waals surface area contributed by atoms with Crippen LogP contribution >= 0.6 is 0 Å². The van der Waals surface area contributed by atoms with Gasteiger partial charge in [-0.2, -0.15) is 4.98 Å². The van der Waals surface area contributed by atoms with Crippen LogP contribution in [0.1, 0.15) is 0 Å². The predicted molar refractivity (Wildman–Crippen MR) is 71.5 cm³/mol. The summed E-state index contributed by atoms with van der Waals surface area (Å²) in [5.74, 6) is 1.89. The van der Waals surface area contributed by atoms with Crippen LogP contribution in [-0.2, 0) is 0 Å². The quantitative estimate of drug-likeness (QED) is 0.865. The van der Waals surface area contributed by atoms with E-state index in [1.165, 1.54) is 7.11 Å². The van der Waals surface area contributed by atoms with Crippen molar-refractivity contribution in [1.29, 1.82) is 0 Å². The number of anilines is 3. The number of hydrogen-bond acceptors (Lipinski definition) is 5. The van der Waals surface area contributed by atoms with Crippen molar-refractivity contribution < 1.29 is 9.47 Å². The molecule has 0 amide bonds. The second-order valence-corrected chi connectivity index (χ2v) is 3.65. The number of nitrogens with zero attached hydrogens (tertiary/aromatic N) is 1. The first-order valence-corrected chi connectivity index (χ1v) is 5.44. The zero-order chi connectivity index (χ0) is 13.0. The number of rotatable bonds is 4. The highest BCUT2D eigenvalue weighted by Crippen LogP contribution is 2.23. The average molecular weight is 245 g/mol. The lowest BCUT2D eigenvalue weighted by molar-refractivity contribution is 0.401. The minimum atomic E-state index is 0.411. The lowest BCUT2D eigenvalue weighted by atomic mass is 10.3. The van der Waals surface area contributed by atoms with Crippen molar-refractivity contribution >= 4 is 17.2 Å². The summed E-state index contributed by atoms with van der Waals surface area (Å²) in [4.78, 5) is 4.24. The number of nitrogens with one attached hydrogen (secondary N) is 1. The van der Waals surface area contributed by atoms with Gasteiger partial charge >= 0.3 is 0 Å². The first-order chi connectivity index (χ1) is 8.72. The van der Waals surface area contributed by atoms with Crippen LogP contribution in [0.15, 0.2) is 36.4 Å². The zero-order valence-electron chi connectivity index (χ0n) is 10.3. The van der Waals surface area contributed by atoms with Gasteiger partial charge in [-0.25, -0.2) is 0 Å². The number of pyridine rings is 1. The molecule has 0 aliphatic heterocycles. The van der Waals surface area contributed by atoms with Gasteiger partial charge in [-0.3, -0.25) is 0 Å². The highest BCUT2D eigenvalue weighted by atomic mass is 16.5. The van der Waals surface area contributed by atoms with Crippen molar-refractivity contribution in [3.8, 4) is 11.6 Å². The van der Waals surface area contributed by atoms with Crippen LogP contribution in [0.2, 0.25) is 0 Å². The van der Waals surface area contributed by atoms with Gasteiger partial charge in [-0.1, -0.05) is 0 Å². The molecule has 0 fully saturated rings. The molecular weight excluding hydrogens is 230 g/mol. The molecule has 1 heterocycles. The second-order valence-electron chi connectivity index (χ2n) is 3.65. The Morgan fingerprint density at radius 1 is 1.00 bits per heavy atom. The third-order valence-corrected chi connectivity index (χ3v) is 2.45. The molecule has 94 valence electrons. The molecule has 3 N–H and O–H groups in total. The van der Waals surface area contributed by atoms with Gasteiger partial charge in [0.25, 0.3) is 0 Å². The van der Waals surface area contributed by atoms with Crippen molar-refractivity contribution in [2.75, 3.05) is 25.3 Å². The van der Waals surface area contributed by atoms with E-state index in [4.69, 9.17) is 15.2 Å². The normalized spacial score (nSPS) is 9.89. The minimum Gasteiger partial charge on any atom is -0.497 e. The summed E-state index contributed by atoms with van der Waals surface area (Å²) in [6.45, 7) is 0. The third kappa shape index (κ3) is 2.63. The number of nitrogens with two attached hydrogens (primary N) is 1. The van der Waals surface area contributed by atoms with Crippen LogP contribution < -0.4 is 20.5 Å². The fourth-order valence-electron chi connectivity index (χ4n) is 1.51. The maximum absolute atomic E-state index is 5.70. The van der Waals surface area contributed by atoms with Gasteiger partial charge in [0.15, 0.2) is 0 Å². The van der Waals surface area contributed by atoms with E-state index in [-0.39, 0.29) is 0 Å². The summed E-state index contributed by atoms with van der Waals surface area (Å²) >= 11 is 0. The summed E-state index contributed by atoms with van der Waals surface area (Å²) in [5, 5.41) is 3.15. The molecule has 5 nitrogen and oxygen atoms in total. The Balaban J connectivity index is 2.17. The Bertz CT molecular complexity index is 526. The smallest absolute Gasteiger partial charge is 0.238 e. The first kappa shape index (κ1) is 12.0. The van der Waals surface area contributed by atoms with Gasteiger partial charge < -0.3 is 20.5 Å². The van der Waals surface area contributed by atoms with Gasteiger partial charge in [-0.05, 0) is 36.4 Å². The monoisotopic (exact) mass is 245 g/mol. The largest absolute Gasteiger partial charge is 0.497 e. The van der Waals surface area contributed by atoms with E-state index in [1.807, 2.05) is 24.3 Å². The molecule has 0 bridgehead atoms. The number of nitrogen functional groups attached to an aromatic ring is 1. The van der Waals surface area contributed by atoms with Crippen LogP contribution in [0.3, 0.4) is 0 Å². The molecule has 1 aromatic carbocycles. The van der Waals surface area contributed by atoms with Gasteiger partial charge in [0.05, 0.1) is 19.9 Å². The standard InChI is InChI=1S/C13H15N3O2/c1-17-10-5-3-9(4-6-10)15-12-8-7-11(14)13(16-12)18-2/h3-8H,14H2,1-2H3,(H,15,16). The molecule has 0 saturated carbocycles. The van der Waals surface area contributed by atoms with E-state index in [9.17, 15) is 0 Å². The first-order valence-electron chi connectivity index (χ1n) is 5.44. The molecule has 0 aliphatic rings. The Kier molecular flexibility index (Phi) is 3.52. The van der Waals surface area contributed by atoms with Crippen molar-refractivity contribution in [1.82, 2.24) is 4.98 Å². The van der Waals surface area contributed by atoms with Crippen LogP contribution in [0.25, 0.3) is 0 Å². The third-order valence-electron chi connectivity index (χ3n) is 2.45. The Hall–Kier alpha value is -2.43. The lowest BCUT2D eigenvalue weighted by Gasteiger charge is -2.09. The summed E-state index contributed by atoms with van der Waals surface area (Å²) in [7, 11) is 3.17. The predicted octanol–water partition coefficient (Wildman–Crippen LogP) is 2.42. The van der Waals surface area contributed by atoms with Crippen molar-refractivity contribution in [3.63, 3.8) is 0 Å². The molecule has 1 aromatic heterocycles. The minimum absolute atomic E-state index is 0.411. The topological polar surface area (TPSA) is 69.4 Å². The van der Waals surface area contributed by atoms with E-state index in [1.54, 1.807) is 19.2 Å². The van der Waals surface area contributed by atoms with E-state index in [0.29, 0.717) is 17.4 Å². The number of benzene rings is 1. The Morgan fingerprint density at radius 2 is 1.72 bits per heavy atom. The second kappa shape index (κ2) is 5.27. The van der Waals surface area contributed by atoms with Crippen molar-refractivity contribution in [3.05, 3.63) is 36.4 Å². The molecular formula is C13H15N3O2. The molecule has 2 rings (SSSR count). The van der Waals surface area contributed by atoms with E-state index in [0.717, 1.165) is 11.4 Å². The lowest BCUT2D eigenvalue weighted by Crippen LogP contribution is -1.99. The number of aromatic nitrogens is 1. The summed E-state index contributed by atoms with van der Waals surface area (Å²) in [6, 6.07) is 11.1. The highest BCUT2D eigenvalue weighted by molar-refractivity contribution is 5.61. The van der Waals surface area contributed by atoms with Gasteiger partial charge in [-0.15, -0.1) is 0 Å². The van der Waals surface area contributed by atoms with E-state index < -0.39 is 0 Å². The van der Waals surface area contributed by atoms with Crippen LogP contribution in [0, 0.1) is 0 Å². The Morgan fingerprint density at radius 3 is 2.33 bits per heavy atom. The molecule has 5 heteroatoms. The maximum atomic E-state index is 5.70. The van der Waals surface area contributed by atoms with Crippen LogP contribution in [0.5, 0.6) is 11.6 Å². The van der Waals surface area contributed by atoms with Gasteiger partial charge in [0, 0.05) is 5.69 Å². The molecule has 0 atom stereocenters. The maximum Gasteiger partial charge on any atom is 0.238 e. The zero-order valence-corrected chi connectivity index (χ0v) is 10.3. The summed E-state index contributed by atoms with van der Waals surface area (Å²) in [5.41, 5.74) is 7.12. The van der Waals surface area contributed by atoms with Crippen molar-refractivity contribution in [2.45, 2.75) is 0 Å². The molecule has 18 heavy (non-hydrogen) atoms. The van der Waals surface area contributed by atoms with Gasteiger partial charge in [0.2, 0.25) is 5.88 Å². The molecule has 2 aromatic rings. The number of ether oxygens (including phenoxy) is 2. The molecule has 0 aliphatic carbocycles. The molecule has 0 saturated heterocycles. The fourth-order valence-corrected chi connectivity index (χ4v) is 1.51. The highest BCUT2D eigenvalue weighted by Gasteiger charge is 2.03. The molecule has 0 spiro atoms. The summed E-state index contributed by atoms with van der Waals surface area (Å²) < 4.78 is 10.2.